The third-order valence-electron chi connectivity index (χ3n) is 3.93. The lowest BCUT2D eigenvalue weighted by Gasteiger charge is -2.34. The van der Waals surface area contributed by atoms with Crippen LogP contribution in [0.4, 0.5) is 22.0 Å². The molecule has 1 heterocycles. The molecule has 2 aromatic carbocycles. The van der Waals surface area contributed by atoms with Gasteiger partial charge in [-0.1, -0.05) is 0 Å². The van der Waals surface area contributed by atoms with Gasteiger partial charge in [-0.15, -0.1) is 10.6 Å². The van der Waals surface area contributed by atoms with Crippen LogP contribution in [0.1, 0.15) is 29.2 Å². The largest absolute Gasteiger partial charge is 0.457 e. The van der Waals surface area contributed by atoms with Gasteiger partial charge < -0.3 is 9.84 Å². The van der Waals surface area contributed by atoms with Crippen LogP contribution in [-0.2, 0) is 0 Å². The minimum Gasteiger partial charge on any atom is -0.457 e. The van der Waals surface area contributed by atoms with Crippen molar-refractivity contribution >= 4 is 10.6 Å². The van der Waals surface area contributed by atoms with Crippen LogP contribution in [0.25, 0.3) is 0 Å². The van der Waals surface area contributed by atoms with E-state index in [9.17, 15) is 36.2 Å². The van der Waals surface area contributed by atoms with E-state index in [1.807, 2.05) is 0 Å². The zero-order valence-electron chi connectivity index (χ0n) is 13.0. The molecule has 0 saturated heterocycles. The molecule has 0 radical (unpaired) electrons. The SMILES string of the molecule is N#Cc1cc(F)cc(Oc2ccc3c(c2C(F)F)C(O)C(F)(F)S3(O)O)c1. The molecule has 3 N–H and O–H groups in total. The van der Waals surface area contributed by atoms with E-state index in [1.54, 1.807) is 6.07 Å². The molecule has 144 valence electrons. The molecule has 3 rings (SSSR count). The molecular weight excluding hydrogens is 397 g/mol. The average Bonchev–Trinajstić information content (AvgIpc) is 2.71. The molecule has 1 unspecified atom stereocenters. The number of hydrogen-bond donors (Lipinski definition) is 3. The molecular formula is C16H10F5NO4S. The third-order valence-corrected chi connectivity index (χ3v) is 5.88. The maximum atomic E-state index is 14.0. The molecule has 5 nitrogen and oxygen atoms in total. The van der Waals surface area contributed by atoms with Crippen LogP contribution in [0, 0.1) is 17.1 Å². The van der Waals surface area contributed by atoms with Gasteiger partial charge in [0.05, 0.1) is 22.1 Å². The predicted octanol–water partition coefficient (Wildman–Crippen LogP) is 5.18. The molecule has 0 fully saturated rings. The summed E-state index contributed by atoms with van der Waals surface area (Å²) < 4.78 is 93.1. The van der Waals surface area contributed by atoms with Crippen molar-refractivity contribution in [2.75, 3.05) is 0 Å². The van der Waals surface area contributed by atoms with E-state index >= 15 is 0 Å². The smallest absolute Gasteiger partial charge is 0.371 e. The highest BCUT2D eigenvalue weighted by molar-refractivity contribution is 8.25. The Balaban J connectivity index is 2.17. The number of fused-ring (bicyclic) bond motifs is 1. The zero-order valence-corrected chi connectivity index (χ0v) is 13.9. The molecule has 1 atom stereocenters. The van der Waals surface area contributed by atoms with Crippen LogP contribution >= 0.6 is 10.6 Å². The first-order valence-electron chi connectivity index (χ1n) is 7.18. The number of nitrogens with zero attached hydrogens (tertiary/aromatic N) is 1. The first-order valence-corrected chi connectivity index (χ1v) is 8.72. The number of alkyl halides is 4. The van der Waals surface area contributed by atoms with Crippen LogP contribution in [0.3, 0.4) is 0 Å². The number of ether oxygens (including phenoxy) is 1. The van der Waals surface area contributed by atoms with Gasteiger partial charge in [-0.3, -0.25) is 9.11 Å². The molecule has 1 aliphatic rings. The summed E-state index contributed by atoms with van der Waals surface area (Å²) in [5.74, 6) is -1.96. The molecule has 0 aliphatic carbocycles. The Morgan fingerprint density at radius 2 is 1.85 bits per heavy atom. The standard InChI is InChI=1S/C16H10F5NO4S/c17-8-3-7(6-22)4-9(5-8)26-10-1-2-11-13(12(10)15(18)19)14(23)16(20,21)27(11,24)25/h1-5,14-15,23-25H. The molecule has 0 spiro atoms. The molecule has 1 aliphatic heterocycles. The summed E-state index contributed by atoms with van der Waals surface area (Å²) in [6.07, 6.45) is -6.33. The molecule has 0 aromatic heterocycles. The fourth-order valence-corrected chi connectivity index (χ4v) is 4.23. The second-order valence-electron chi connectivity index (χ2n) is 5.59. The Morgan fingerprint density at radius 1 is 1.19 bits per heavy atom. The van der Waals surface area contributed by atoms with Crippen molar-refractivity contribution in [3.8, 4) is 17.6 Å². The summed E-state index contributed by atoms with van der Waals surface area (Å²) in [5.41, 5.74) is -2.41. The fourth-order valence-electron chi connectivity index (χ4n) is 2.72. The quantitative estimate of drug-likeness (QED) is 0.610. The van der Waals surface area contributed by atoms with E-state index in [0.29, 0.717) is 0 Å². The van der Waals surface area contributed by atoms with Crippen LogP contribution in [0.5, 0.6) is 11.5 Å². The fraction of sp³-hybridized carbons (Fsp3) is 0.188. The normalized spacial score (nSPS) is 20.8. The van der Waals surface area contributed by atoms with Crippen LogP contribution in [0.15, 0.2) is 35.2 Å². The van der Waals surface area contributed by atoms with Gasteiger partial charge >= 0.3 is 5.25 Å². The van der Waals surface area contributed by atoms with E-state index < -0.39 is 56.0 Å². The number of hydrogen-bond acceptors (Lipinski definition) is 5. The Bertz CT molecular complexity index is 961. The van der Waals surface area contributed by atoms with Gasteiger partial charge in [0, 0.05) is 11.6 Å². The summed E-state index contributed by atoms with van der Waals surface area (Å²) in [5, 5.41) is 14.1. The summed E-state index contributed by atoms with van der Waals surface area (Å²) in [6.45, 7) is 0. The lowest BCUT2D eigenvalue weighted by molar-refractivity contribution is -0.0448. The Kier molecular flexibility index (Phi) is 4.55. The van der Waals surface area contributed by atoms with Gasteiger partial charge in [-0.2, -0.15) is 14.0 Å². The topological polar surface area (TPSA) is 93.7 Å². The van der Waals surface area contributed by atoms with E-state index in [2.05, 4.69) is 0 Å². The lowest BCUT2D eigenvalue weighted by Crippen LogP contribution is -2.26. The Morgan fingerprint density at radius 3 is 2.44 bits per heavy atom. The second-order valence-corrected chi connectivity index (χ2v) is 7.67. The monoisotopic (exact) mass is 407 g/mol. The summed E-state index contributed by atoms with van der Waals surface area (Å²) in [6, 6.07) is 5.81. The molecule has 0 amide bonds. The van der Waals surface area contributed by atoms with Crippen molar-refractivity contribution < 1.29 is 40.9 Å². The number of rotatable bonds is 3. The van der Waals surface area contributed by atoms with Crippen LogP contribution in [0.2, 0.25) is 0 Å². The van der Waals surface area contributed by atoms with Gasteiger partial charge in [0.2, 0.25) is 0 Å². The van der Waals surface area contributed by atoms with E-state index in [1.165, 1.54) is 0 Å². The van der Waals surface area contributed by atoms with Gasteiger partial charge in [0.1, 0.15) is 17.3 Å². The Labute approximate surface area is 150 Å². The van der Waals surface area contributed by atoms with Crippen molar-refractivity contribution in [1.82, 2.24) is 0 Å². The minimum atomic E-state index is -4.87. The highest BCUT2D eigenvalue weighted by atomic mass is 32.3. The molecule has 2 aromatic rings. The molecule has 11 heteroatoms. The summed E-state index contributed by atoms with van der Waals surface area (Å²) >= 11 is 0. The van der Waals surface area contributed by atoms with Crippen LogP contribution in [-0.4, -0.2) is 19.5 Å². The van der Waals surface area contributed by atoms with Gasteiger partial charge in [-0.05, 0) is 24.3 Å². The average molecular weight is 407 g/mol. The number of halogens is 5. The number of aliphatic hydroxyl groups excluding tert-OH is 1. The predicted molar refractivity (Wildman–Crippen MR) is 83.6 cm³/mol. The minimum absolute atomic E-state index is 0.175. The molecule has 27 heavy (non-hydrogen) atoms. The van der Waals surface area contributed by atoms with E-state index in [0.717, 1.165) is 30.3 Å². The van der Waals surface area contributed by atoms with Crippen LogP contribution < -0.4 is 4.74 Å². The van der Waals surface area contributed by atoms with Crippen molar-refractivity contribution in [2.45, 2.75) is 22.7 Å². The maximum Gasteiger partial charge on any atom is 0.371 e. The number of benzene rings is 2. The third kappa shape index (κ3) is 2.90. The van der Waals surface area contributed by atoms with Gasteiger partial charge in [0.15, 0.2) is 6.10 Å². The van der Waals surface area contributed by atoms with E-state index in [-0.39, 0.29) is 11.3 Å². The number of nitriles is 1. The highest BCUT2D eigenvalue weighted by Gasteiger charge is 2.61. The first kappa shape index (κ1) is 19.4. The van der Waals surface area contributed by atoms with E-state index in [4.69, 9.17) is 10.00 Å². The van der Waals surface area contributed by atoms with Crippen molar-refractivity contribution in [3.63, 3.8) is 0 Å². The Hall–Kier alpha value is -2.39. The molecule has 0 saturated carbocycles. The van der Waals surface area contributed by atoms with Gasteiger partial charge in [-0.25, -0.2) is 13.2 Å². The van der Waals surface area contributed by atoms with Crippen molar-refractivity contribution in [3.05, 3.63) is 52.8 Å². The van der Waals surface area contributed by atoms with Crippen molar-refractivity contribution in [1.29, 1.82) is 5.26 Å². The maximum absolute atomic E-state index is 14.0. The van der Waals surface area contributed by atoms with Crippen molar-refractivity contribution in [2.24, 2.45) is 0 Å². The number of aliphatic hydroxyl groups is 1. The summed E-state index contributed by atoms with van der Waals surface area (Å²) in [4.78, 5) is -0.917. The second kappa shape index (κ2) is 6.35. The highest BCUT2D eigenvalue weighted by Crippen LogP contribution is 2.73. The first-order chi connectivity index (χ1) is 12.5. The zero-order chi connectivity index (χ0) is 20.1. The lowest BCUT2D eigenvalue weighted by atomic mass is 10.0. The van der Waals surface area contributed by atoms with Gasteiger partial charge in [0.25, 0.3) is 6.43 Å². The molecule has 0 bridgehead atoms. The summed E-state index contributed by atoms with van der Waals surface area (Å²) in [7, 11) is -4.87.